The first-order valence-electron chi connectivity index (χ1n) is 38.1. The number of carbonyl (C=O) groups is 8. The normalized spacial score (nSPS) is 17.1. The lowest BCUT2D eigenvalue weighted by Gasteiger charge is -2.34. The van der Waals surface area contributed by atoms with Crippen molar-refractivity contribution < 1.29 is 56.6 Å². The molecule has 4 aliphatic rings. The van der Waals surface area contributed by atoms with Crippen molar-refractivity contribution in [1.82, 2.24) is 54.5 Å². The summed E-state index contributed by atoms with van der Waals surface area (Å²) in [5.74, 6) is -3.35. The van der Waals surface area contributed by atoms with Gasteiger partial charge in [-0.15, -0.1) is 0 Å². The van der Waals surface area contributed by atoms with Gasteiger partial charge in [-0.1, -0.05) is 70.0 Å². The van der Waals surface area contributed by atoms with Gasteiger partial charge in [-0.2, -0.15) is 18.3 Å². The van der Waals surface area contributed by atoms with E-state index in [0.29, 0.717) is 95.5 Å². The number of nitrogens with one attached hydrogen (secondary N) is 6. The van der Waals surface area contributed by atoms with Gasteiger partial charge in [0, 0.05) is 116 Å². The van der Waals surface area contributed by atoms with Gasteiger partial charge < -0.3 is 46.1 Å². The zero-order valence-electron chi connectivity index (χ0n) is 63.7. The van der Waals surface area contributed by atoms with Crippen molar-refractivity contribution >= 4 is 86.7 Å². The maximum Gasteiger partial charge on any atom is 0.433 e. The first kappa shape index (κ1) is 79.6. The number of imide groups is 2. The summed E-state index contributed by atoms with van der Waals surface area (Å²) in [5.41, 5.74) is 3.62. The summed E-state index contributed by atoms with van der Waals surface area (Å²) >= 11 is 0. The average molecular weight is 1520 g/mol. The first-order valence-corrected chi connectivity index (χ1v) is 38.1. The number of piperidine rings is 1. The first-order chi connectivity index (χ1) is 52.9. The van der Waals surface area contributed by atoms with E-state index in [1.165, 1.54) is 16.7 Å². The van der Waals surface area contributed by atoms with E-state index in [0.717, 1.165) is 118 Å². The molecule has 0 radical (unpaired) electrons. The van der Waals surface area contributed by atoms with E-state index < -0.39 is 58.7 Å². The highest BCUT2D eigenvalue weighted by Crippen LogP contribution is 2.38. The van der Waals surface area contributed by atoms with Crippen LogP contribution < -0.4 is 37.5 Å². The molecule has 8 amide bonds. The number of hydrogen-bond acceptors (Lipinski definition) is 17. The van der Waals surface area contributed by atoms with Crippen LogP contribution in [-0.2, 0) is 38.6 Å². The predicted molar refractivity (Wildman–Crippen MR) is 417 cm³/mol. The third kappa shape index (κ3) is 19.1. The minimum Gasteiger partial charge on any atom is -0.386 e. The summed E-state index contributed by atoms with van der Waals surface area (Å²) < 4.78 is 43.7. The topological polar surface area (TPSA) is 308 Å². The average Bonchev–Trinajstić information content (AvgIpc) is 1.60. The number of aryl methyl sites for hydroxylation is 1. The minimum absolute atomic E-state index is 0.0116. The summed E-state index contributed by atoms with van der Waals surface area (Å²) in [6.07, 6.45) is 7.42. The smallest absolute Gasteiger partial charge is 0.386 e. The Kier molecular flexibility index (Phi) is 24.5. The molecule has 3 aromatic heterocycles. The van der Waals surface area contributed by atoms with Crippen LogP contribution in [0.15, 0.2) is 132 Å². The number of anilines is 5. The molecule has 25 nitrogen and oxygen atoms in total. The van der Waals surface area contributed by atoms with Gasteiger partial charge in [0.15, 0.2) is 5.82 Å². The van der Waals surface area contributed by atoms with Crippen LogP contribution in [0.4, 0.5) is 41.7 Å². The molecular formula is C83H96F3N15O10. The van der Waals surface area contributed by atoms with Gasteiger partial charge >= 0.3 is 6.18 Å². The van der Waals surface area contributed by atoms with Crippen LogP contribution in [-0.4, -0.2) is 168 Å². The van der Waals surface area contributed by atoms with E-state index >= 15 is 0 Å². The largest absolute Gasteiger partial charge is 0.433 e. The number of aromatic nitrogens is 5. The molecule has 1 aliphatic carbocycles. The summed E-state index contributed by atoms with van der Waals surface area (Å²) in [5, 5.41) is 34.6. The summed E-state index contributed by atoms with van der Waals surface area (Å²) in [6, 6.07) is 30.3. The molecule has 0 spiro atoms. The fourth-order valence-electron chi connectivity index (χ4n) is 14.9. The highest BCUT2D eigenvalue weighted by Gasteiger charge is 2.46. The number of piperazine rings is 1. The Hall–Kier alpha value is -11.0. The Morgan fingerprint density at radius 3 is 2.05 bits per heavy atom. The molecule has 12 rings (SSSR count). The van der Waals surface area contributed by atoms with Gasteiger partial charge in [0.2, 0.25) is 17.7 Å². The molecule has 5 aromatic carbocycles. The third-order valence-corrected chi connectivity index (χ3v) is 21.4. The van der Waals surface area contributed by atoms with E-state index in [1.807, 2.05) is 70.1 Å². The van der Waals surface area contributed by atoms with Gasteiger partial charge in [0.1, 0.15) is 17.4 Å². The van der Waals surface area contributed by atoms with Gasteiger partial charge in [0.25, 0.3) is 35.1 Å². The van der Waals surface area contributed by atoms with Crippen LogP contribution in [0.2, 0.25) is 0 Å². The van der Waals surface area contributed by atoms with Crippen LogP contribution in [0.1, 0.15) is 192 Å². The molecular weight excluding hydrogens is 1420 g/mol. The number of halogens is 3. The number of nitrogens with zero attached hydrogens (tertiary/aromatic N) is 9. The van der Waals surface area contributed by atoms with E-state index in [-0.39, 0.29) is 76.8 Å². The Bertz CT molecular complexity index is 4880. The second-order valence-electron chi connectivity index (χ2n) is 30.9. The number of alkyl halides is 3. The van der Waals surface area contributed by atoms with Crippen molar-refractivity contribution in [3.8, 4) is 11.3 Å². The zero-order valence-corrected chi connectivity index (χ0v) is 63.7. The highest BCUT2D eigenvalue weighted by molar-refractivity contribution is 6.25. The van der Waals surface area contributed by atoms with Crippen LogP contribution in [0.3, 0.4) is 0 Å². The second-order valence-corrected chi connectivity index (χ2v) is 30.9. The van der Waals surface area contributed by atoms with E-state index in [4.69, 9.17) is 10.1 Å². The van der Waals surface area contributed by atoms with Crippen LogP contribution in [0.5, 0.6) is 0 Å². The quantitative estimate of drug-likeness (QED) is 0.0177. The predicted octanol–water partition coefficient (Wildman–Crippen LogP) is 11.8. The number of benzene rings is 5. The standard InChI is InChI=1S/C83H96F3N15O10/c1-51-59(17-14-19-62(51)92-74(104)53-25-29-56(30-26-53)81(2,3)4)67-50-96(7)80(110)73(91-67)89-57-31-27-54(28-32-57)77(107)99-43-41-97(42-44-99)38-11-8-9-12-39-98(71(103)48-88-63-20-15-18-60-72(63)79(109)101(78(60)108)68-35-36-70(102)94-76(68)106)40-13-10-37-87-47-52-23-33-58(34-24-52)100-49-55-45-66(61(82(5,6)111)46-65(55)95-100)93-75(105)64-21-16-22-69(90-64)83(84,85)86/h14-22,25-32,45-46,49-50,52,58,68,87-88,111H,8-13,23-24,33-44,47-48H2,1-7H3,(H,89,91)(H,92,104)(H,93,105)(H,94,102,106)/t52-,58-,68?. The summed E-state index contributed by atoms with van der Waals surface area (Å²) in [6.45, 7) is 17.2. The molecule has 7 N–H and O–H groups in total. The summed E-state index contributed by atoms with van der Waals surface area (Å²) in [7, 11) is 1.66. The molecule has 3 fully saturated rings. The van der Waals surface area contributed by atoms with Gasteiger partial charge in [-0.3, -0.25) is 62.9 Å². The van der Waals surface area contributed by atoms with E-state index in [2.05, 4.69) is 62.6 Å². The van der Waals surface area contributed by atoms with Gasteiger partial charge in [0.05, 0.1) is 40.5 Å². The van der Waals surface area contributed by atoms with Crippen molar-refractivity contribution in [3.63, 3.8) is 0 Å². The molecule has 1 saturated carbocycles. The Morgan fingerprint density at radius 1 is 0.685 bits per heavy atom. The number of pyridine rings is 1. The SMILES string of the molecule is Cc1c(NC(=O)c2ccc(C(C)(C)C)cc2)cccc1-c1cn(C)c(=O)c(Nc2ccc(C(=O)N3CCN(CCCCCCN(CCCCNC[C@H]4CC[C@H](n5cc6cc(NC(=O)c7cccc(C(F)(F)F)n7)c(C(C)(C)O)cc6n5)CC4)C(=O)CNc4cccc5c4C(=O)N(C4CCC(=O)NC4=O)C5=O)CC3)cc2)n1. The molecule has 2 saturated heterocycles. The number of unbranched alkanes of at least 4 members (excludes halogenated alkanes) is 4. The Morgan fingerprint density at radius 2 is 1.35 bits per heavy atom. The highest BCUT2D eigenvalue weighted by atomic mass is 19.4. The second kappa shape index (κ2) is 34.1. The van der Waals surface area contributed by atoms with Crippen molar-refractivity contribution in [2.75, 3.05) is 86.7 Å². The third-order valence-electron chi connectivity index (χ3n) is 21.4. The number of carbonyl (C=O) groups excluding carboxylic acids is 8. The monoisotopic (exact) mass is 1520 g/mol. The zero-order chi connectivity index (χ0) is 79.1. The molecule has 1 unspecified atom stereocenters. The maximum atomic E-state index is 14.3. The van der Waals surface area contributed by atoms with Crippen LogP contribution in [0.25, 0.3) is 22.2 Å². The van der Waals surface area contributed by atoms with Gasteiger partial charge in [-0.25, -0.2) is 9.97 Å². The maximum absolute atomic E-state index is 14.3. The molecule has 6 heterocycles. The Balaban J connectivity index is 0.597. The molecule has 1 atom stereocenters. The number of hydrogen-bond donors (Lipinski definition) is 7. The van der Waals surface area contributed by atoms with Crippen LogP contribution in [0, 0.1) is 12.8 Å². The lowest BCUT2D eigenvalue weighted by Crippen LogP contribution is -2.54. The molecule has 584 valence electrons. The van der Waals surface area contributed by atoms with Crippen molar-refractivity contribution in [3.05, 3.63) is 188 Å². The lowest BCUT2D eigenvalue weighted by molar-refractivity contribution is -0.141. The number of amides is 8. The summed E-state index contributed by atoms with van der Waals surface area (Å²) in [4.78, 5) is 136. The number of fused-ring (bicyclic) bond motifs is 2. The van der Waals surface area contributed by atoms with E-state index in [9.17, 15) is 61.4 Å². The number of aliphatic hydroxyl groups is 1. The molecule has 8 aromatic rings. The van der Waals surface area contributed by atoms with Crippen molar-refractivity contribution in [2.24, 2.45) is 13.0 Å². The van der Waals surface area contributed by atoms with Crippen LogP contribution >= 0.6 is 0 Å². The van der Waals surface area contributed by atoms with Gasteiger partial charge in [-0.05, 0) is 200 Å². The molecule has 0 bridgehead atoms. The minimum atomic E-state index is -4.74. The fraction of sp³-hybridized carbons (Fsp3) is 0.422. The Labute approximate surface area is 642 Å². The fourth-order valence-corrected chi connectivity index (χ4v) is 14.9. The van der Waals surface area contributed by atoms with Crippen molar-refractivity contribution in [2.45, 2.75) is 148 Å². The molecule has 3 aliphatic heterocycles. The molecule has 28 heteroatoms. The van der Waals surface area contributed by atoms with E-state index in [1.54, 1.807) is 75.6 Å². The lowest BCUT2D eigenvalue weighted by atomic mass is 9.86. The van der Waals surface area contributed by atoms with Crippen molar-refractivity contribution in [1.29, 1.82) is 0 Å². The molecule has 111 heavy (non-hydrogen) atoms. The number of rotatable bonds is 28.